The Morgan fingerprint density at radius 1 is 1.03 bits per heavy atom. The summed E-state index contributed by atoms with van der Waals surface area (Å²) in [4.78, 5) is 29.6. The van der Waals surface area contributed by atoms with Gasteiger partial charge in [0.15, 0.2) is 0 Å². The minimum Gasteiger partial charge on any atom is -0.497 e. The van der Waals surface area contributed by atoms with Gasteiger partial charge in [-0.1, -0.05) is 12.1 Å². The number of hydrogen-bond donors (Lipinski definition) is 0. The van der Waals surface area contributed by atoms with Crippen LogP contribution in [0, 0.1) is 5.82 Å². The van der Waals surface area contributed by atoms with E-state index in [-0.39, 0.29) is 23.8 Å². The molecule has 2 aromatic heterocycles. The summed E-state index contributed by atoms with van der Waals surface area (Å²) in [5, 5.41) is 4.48. The monoisotopic (exact) mass is 461 g/mol. The van der Waals surface area contributed by atoms with E-state index in [1.807, 2.05) is 29.2 Å². The van der Waals surface area contributed by atoms with Gasteiger partial charge in [-0.25, -0.2) is 8.91 Å². The van der Waals surface area contributed by atoms with E-state index in [4.69, 9.17) is 4.74 Å². The quantitative estimate of drug-likeness (QED) is 0.457. The van der Waals surface area contributed by atoms with Gasteiger partial charge in [-0.3, -0.25) is 9.59 Å². The molecule has 0 bridgehead atoms. The molecule has 1 saturated heterocycles. The summed E-state index contributed by atoms with van der Waals surface area (Å²) >= 11 is 0. The molecule has 3 heterocycles. The van der Waals surface area contributed by atoms with Crippen molar-refractivity contribution in [3.05, 3.63) is 83.2 Å². The number of ether oxygens (including phenoxy) is 1. The van der Waals surface area contributed by atoms with Crippen molar-refractivity contribution in [3.8, 4) is 17.0 Å². The van der Waals surface area contributed by atoms with Crippen molar-refractivity contribution < 1.29 is 13.9 Å². The lowest BCUT2D eigenvalue weighted by Gasteiger charge is -2.36. The predicted molar refractivity (Wildman–Crippen MR) is 127 cm³/mol. The van der Waals surface area contributed by atoms with E-state index in [1.165, 1.54) is 15.1 Å². The smallest absolute Gasteiger partial charge is 0.277 e. The van der Waals surface area contributed by atoms with Gasteiger partial charge in [-0.05, 0) is 42.5 Å². The molecule has 0 aliphatic carbocycles. The number of anilines is 1. The molecule has 1 aliphatic heterocycles. The molecule has 34 heavy (non-hydrogen) atoms. The van der Waals surface area contributed by atoms with Crippen LogP contribution in [0.1, 0.15) is 0 Å². The van der Waals surface area contributed by atoms with Gasteiger partial charge in [0.25, 0.3) is 5.56 Å². The average Bonchev–Trinajstić information content (AvgIpc) is 3.31. The van der Waals surface area contributed by atoms with Crippen LogP contribution in [0.4, 0.5) is 10.1 Å². The Hall–Kier alpha value is -4.14. The fraction of sp³-hybridized carbons (Fsp3) is 0.240. The maximum absolute atomic E-state index is 14.1. The SMILES string of the molecule is COc1ccc(-c2cc3c(=O)n(CC(=O)N4CCN(c5ccccc5F)CC4)ccn3n2)cc1. The second kappa shape index (κ2) is 9.01. The number of para-hydroxylation sites is 1. The molecule has 0 saturated carbocycles. The molecular weight excluding hydrogens is 437 g/mol. The second-order valence-corrected chi connectivity index (χ2v) is 8.14. The lowest BCUT2D eigenvalue weighted by Crippen LogP contribution is -2.50. The molecule has 0 atom stereocenters. The molecular formula is C25H24FN5O3. The Bertz CT molecular complexity index is 1390. The molecule has 0 N–H and O–H groups in total. The third kappa shape index (κ3) is 4.12. The zero-order chi connectivity index (χ0) is 23.7. The van der Waals surface area contributed by atoms with Crippen molar-refractivity contribution >= 4 is 17.1 Å². The zero-order valence-corrected chi connectivity index (χ0v) is 18.7. The van der Waals surface area contributed by atoms with E-state index in [0.29, 0.717) is 43.1 Å². The van der Waals surface area contributed by atoms with Gasteiger partial charge in [0, 0.05) is 44.1 Å². The van der Waals surface area contributed by atoms with E-state index in [2.05, 4.69) is 5.10 Å². The number of rotatable bonds is 5. The molecule has 9 heteroatoms. The van der Waals surface area contributed by atoms with Gasteiger partial charge in [-0.15, -0.1) is 0 Å². The van der Waals surface area contributed by atoms with Gasteiger partial charge in [0.2, 0.25) is 5.91 Å². The van der Waals surface area contributed by atoms with Crippen LogP contribution in [0.15, 0.2) is 71.8 Å². The van der Waals surface area contributed by atoms with Crippen molar-refractivity contribution in [3.63, 3.8) is 0 Å². The second-order valence-electron chi connectivity index (χ2n) is 8.14. The molecule has 8 nitrogen and oxygen atoms in total. The number of methoxy groups -OCH3 is 1. The normalized spacial score (nSPS) is 13.9. The summed E-state index contributed by atoms with van der Waals surface area (Å²) in [7, 11) is 1.60. The van der Waals surface area contributed by atoms with Gasteiger partial charge in [0.05, 0.1) is 18.5 Å². The summed E-state index contributed by atoms with van der Waals surface area (Å²) < 4.78 is 22.2. The van der Waals surface area contributed by atoms with Crippen LogP contribution < -0.4 is 15.2 Å². The predicted octanol–water partition coefficient (Wildman–Crippen LogP) is 2.66. The summed E-state index contributed by atoms with van der Waals surface area (Å²) in [5.41, 5.74) is 2.18. The van der Waals surface area contributed by atoms with Crippen molar-refractivity contribution in [1.82, 2.24) is 19.1 Å². The minimum atomic E-state index is -0.284. The Balaban J connectivity index is 1.29. The van der Waals surface area contributed by atoms with Crippen LogP contribution in [-0.4, -0.2) is 58.3 Å². The molecule has 1 fully saturated rings. The van der Waals surface area contributed by atoms with Crippen LogP contribution in [0.25, 0.3) is 16.8 Å². The summed E-state index contributed by atoms with van der Waals surface area (Å²) in [6.07, 6.45) is 3.25. The first-order valence-electron chi connectivity index (χ1n) is 11.0. The first-order valence-corrected chi connectivity index (χ1v) is 11.0. The summed E-state index contributed by atoms with van der Waals surface area (Å²) in [6, 6.07) is 15.8. The fourth-order valence-electron chi connectivity index (χ4n) is 4.20. The Morgan fingerprint density at radius 2 is 1.76 bits per heavy atom. The van der Waals surface area contributed by atoms with Crippen LogP contribution in [0.5, 0.6) is 5.75 Å². The first kappa shape index (κ1) is 21.7. The third-order valence-electron chi connectivity index (χ3n) is 6.12. The molecule has 0 spiro atoms. The van der Waals surface area contributed by atoms with Crippen LogP contribution >= 0.6 is 0 Å². The summed E-state index contributed by atoms with van der Waals surface area (Å²) in [6.45, 7) is 1.96. The minimum absolute atomic E-state index is 0.0575. The van der Waals surface area contributed by atoms with Crippen molar-refractivity contribution in [2.24, 2.45) is 0 Å². The highest BCUT2D eigenvalue weighted by Gasteiger charge is 2.23. The lowest BCUT2D eigenvalue weighted by molar-refractivity contribution is -0.132. The van der Waals surface area contributed by atoms with Gasteiger partial charge in [-0.2, -0.15) is 5.10 Å². The zero-order valence-electron chi connectivity index (χ0n) is 18.7. The maximum atomic E-state index is 14.1. The number of fused-ring (bicyclic) bond motifs is 1. The number of carbonyl (C=O) groups is 1. The summed E-state index contributed by atoms with van der Waals surface area (Å²) in [5.74, 6) is 0.328. The number of amides is 1. The molecule has 0 unspecified atom stereocenters. The lowest BCUT2D eigenvalue weighted by atomic mass is 10.1. The largest absolute Gasteiger partial charge is 0.497 e. The molecule has 0 radical (unpaired) electrons. The topological polar surface area (TPSA) is 72.1 Å². The first-order chi connectivity index (χ1) is 16.5. The molecule has 2 aromatic carbocycles. The van der Waals surface area contributed by atoms with E-state index in [1.54, 1.807) is 48.7 Å². The van der Waals surface area contributed by atoms with Crippen LogP contribution in [-0.2, 0) is 11.3 Å². The van der Waals surface area contributed by atoms with Gasteiger partial charge < -0.3 is 19.1 Å². The number of hydrogen-bond acceptors (Lipinski definition) is 5. The molecule has 4 aromatic rings. The fourth-order valence-corrected chi connectivity index (χ4v) is 4.20. The van der Waals surface area contributed by atoms with E-state index in [9.17, 15) is 14.0 Å². The van der Waals surface area contributed by atoms with Crippen molar-refractivity contribution in [2.75, 3.05) is 38.2 Å². The number of nitrogens with zero attached hydrogens (tertiary/aromatic N) is 5. The van der Waals surface area contributed by atoms with E-state index in [0.717, 1.165) is 11.3 Å². The van der Waals surface area contributed by atoms with Gasteiger partial charge >= 0.3 is 0 Å². The van der Waals surface area contributed by atoms with Crippen molar-refractivity contribution in [2.45, 2.75) is 6.54 Å². The Labute approximate surface area is 195 Å². The number of aromatic nitrogens is 3. The maximum Gasteiger partial charge on any atom is 0.277 e. The Kier molecular flexibility index (Phi) is 5.75. The van der Waals surface area contributed by atoms with Gasteiger partial charge in [0.1, 0.15) is 23.6 Å². The molecule has 5 rings (SSSR count). The average molecular weight is 461 g/mol. The Morgan fingerprint density at radius 3 is 2.47 bits per heavy atom. The number of carbonyl (C=O) groups excluding carboxylic acids is 1. The standard InChI is InChI=1S/C25H24FN5O3/c1-34-19-8-6-18(7-9-19)21-16-23-25(33)30(14-15-31(23)27-21)17-24(32)29-12-10-28(11-13-29)22-5-3-2-4-20(22)26/h2-9,14-16H,10-13,17H2,1H3. The van der Waals surface area contributed by atoms with Crippen LogP contribution in [0.2, 0.25) is 0 Å². The molecule has 1 aliphatic rings. The number of halogens is 1. The highest BCUT2D eigenvalue weighted by molar-refractivity contribution is 5.76. The van der Waals surface area contributed by atoms with Crippen molar-refractivity contribution in [1.29, 1.82) is 0 Å². The number of benzene rings is 2. The van der Waals surface area contributed by atoms with E-state index >= 15 is 0 Å². The van der Waals surface area contributed by atoms with Crippen LogP contribution in [0.3, 0.4) is 0 Å². The number of piperazine rings is 1. The molecule has 174 valence electrons. The highest BCUT2D eigenvalue weighted by atomic mass is 19.1. The molecule has 1 amide bonds. The highest BCUT2D eigenvalue weighted by Crippen LogP contribution is 2.22. The third-order valence-corrected chi connectivity index (χ3v) is 6.12. The van der Waals surface area contributed by atoms with E-state index < -0.39 is 0 Å².